The van der Waals surface area contributed by atoms with Crippen LogP contribution in [0.4, 0.5) is 4.79 Å². The van der Waals surface area contributed by atoms with Crippen LogP contribution in [0.15, 0.2) is 12.2 Å². The van der Waals surface area contributed by atoms with E-state index in [4.69, 9.17) is 5.73 Å². The average molecular weight is 482 g/mol. The Morgan fingerprint density at radius 1 is 0.971 bits per heavy atom. The van der Waals surface area contributed by atoms with E-state index in [9.17, 15) is 28.8 Å². The van der Waals surface area contributed by atoms with E-state index in [0.717, 1.165) is 17.1 Å². The second kappa shape index (κ2) is 15.6. The molecule has 0 aliphatic carbocycles. The van der Waals surface area contributed by atoms with E-state index in [1.165, 1.54) is 0 Å². The standard InChI is InChI=1S/C21H33N5O6.C2H6/c1-12(2)18(25-15(27)9-11-26-16(28)7-8-17(26)29)20(31)24-14(19(30)13(3)4)6-5-10-23-21(22)32;1-2/h7-8,12-14,18H,5-6,9-11H2,1-4H3,(H,24,31)(H,25,27)(H3,22,23,32);1-2H3/t14-,18?;/m0./s1. The lowest BCUT2D eigenvalue weighted by Crippen LogP contribution is -2.54. The second-order valence-corrected chi connectivity index (χ2v) is 8.25. The van der Waals surface area contributed by atoms with Gasteiger partial charge in [-0.1, -0.05) is 41.5 Å². The third-order valence-electron chi connectivity index (χ3n) is 4.93. The Kier molecular flexibility index (Phi) is 14.1. The molecule has 0 radical (unpaired) electrons. The minimum absolute atomic E-state index is 0.0930. The van der Waals surface area contributed by atoms with Gasteiger partial charge in [-0.3, -0.25) is 28.9 Å². The van der Waals surface area contributed by atoms with Gasteiger partial charge in [0.1, 0.15) is 6.04 Å². The number of nitrogens with two attached hydrogens (primary N) is 1. The van der Waals surface area contributed by atoms with Crippen LogP contribution in [0.1, 0.15) is 60.8 Å². The summed E-state index contributed by atoms with van der Waals surface area (Å²) in [5.74, 6) is -2.73. The molecule has 1 unspecified atom stereocenters. The number of Topliss-reactive ketones (excluding diaryl/α,β-unsaturated/α-hetero) is 1. The van der Waals surface area contributed by atoms with Crippen molar-refractivity contribution in [1.29, 1.82) is 0 Å². The third kappa shape index (κ3) is 10.6. The third-order valence-corrected chi connectivity index (χ3v) is 4.93. The molecule has 0 aromatic heterocycles. The number of imide groups is 1. The van der Waals surface area contributed by atoms with Crippen molar-refractivity contribution in [3.05, 3.63) is 12.2 Å². The van der Waals surface area contributed by atoms with Gasteiger partial charge in [-0.25, -0.2) is 4.79 Å². The molecule has 1 aliphatic heterocycles. The molecule has 11 nitrogen and oxygen atoms in total. The van der Waals surface area contributed by atoms with Crippen LogP contribution < -0.4 is 21.7 Å². The van der Waals surface area contributed by atoms with Gasteiger partial charge in [-0.2, -0.15) is 0 Å². The number of primary amides is 1. The molecule has 1 heterocycles. The van der Waals surface area contributed by atoms with E-state index < -0.39 is 41.7 Å². The van der Waals surface area contributed by atoms with Crippen LogP contribution in [0.5, 0.6) is 0 Å². The van der Waals surface area contributed by atoms with E-state index in [1.54, 1.807) is 27.7 Å². The highest BCUT2D eigenvalue weighted by Crippen LogP contribution is 2.10. The highest BCUT2D eigenvalue weighted by atomic mass is 16.2. The van der Waals surface area contributed by atoms with Crippen molar-refractivity contribution in [1.82, 2.24) is 20.9 Å². The van der Waals surface area contributed by atoms with Crippen molar-refractivity contribution in [3.63, 3.8) is 0 Å². The zero-order valence-corrected chi connectivity index (χ0v) is 21.0. The van der Waals surface area contributed by atoms with Gasteiger partial charge < -0.3 is 21.7 Å². The zero-order valence-electron chi connectivity index (χ0n) is 21.0. The lowest BCUT2D eigenvalue weighted by molar-refractivity contribution is -0.137. The number of hydrogen-bond acceptors (Lipinski definition) is 6. The molecule has 6 amide bonds. The van der Waals surface area contributed by atoms with Crippen molar-refractivity contribution >= 4 is 35.4 Å². The van der Waals surface area contributed by atoms with E-state index in [1.807, 2.05) is 13.8 Å². The summed E-state index contributed by atoms with van der Waals surface area (Å²) < 4.78 is 0. The number of amides is 6. The van der Waals surface area contributed by atoms with Crippen LogP contribution in [0.2, 0.25) is 0 Å². The molecular formula is C23H39N5O6. The molecule has 0 spiro atoms. The van der Waals surface area contributed by atoms with Crippen LogP contribution in [0.25, 0.3) is 0 Å². The van der Waals surface area contributed by atoms with Crippen LogP contribution in [0.3, 0.4) is 0 Å². The number of urea groups is 1. The molecule has 0 saturated carbocycles. The zero-order chi connectivity index (χ0) is 26.4. The fraction of sp³-hybridized carbons (Fsp3) is 0.652. The molecule has 0 aromatic carbocycles. The Bertz CT molecular complexity index is 760. The lowest BCUT2D eigenvalue weighted by atomic mass is 9.96. The van der Waals surface area contributed by atoms with Crippen molar-refractivity contribution < 1.29 is 28.8 Å². The van der Waals surface area contributed by atoms with Crippen molar-refractivity contribution in [3.8, 4) is 0 Å². The molecule has 2 atom stereocenters. The Morgan fingerprint density at radius 3 is 2.00 bits per heavy atom. The van der Waals surface area contributed by atoms with Crippen molar-refractivity contribution in [2.45, 2.75) is 72.9 Å². The molecule has 5 N–H and O–H groups in total. The Balaban J connectivity index is 0.00000529. The smallest absolute Gasteiger partial charge is 0.312 e. The number of nitrogens with one attached hydrogen (secondary N) is 3. The van der Waals surface area contributed by atoms with Crippen molar-refractivity contribution in [2.24, 2.45) is 17.6 Å². The first-order valence-electron chi connectivity index (χ1n) is 11.6. The van der Waals surface area contributed by atoms with Gasteiger partial charge in [0.2, 0.25) is 11.8 Å². The molecule has 0 bridgehead atoms. The van der Waals surface area contributed by atoms with E-state index in [-0.39, 0.29) is 37.1 Å². The molecular weight excluding hydrogens is 442 g/mol. The number of nitrogens with zero attached hydrogens (tertiary/aromatic N) is 1. The molecule has 1 rings (SSSR count). The number of carbonyl (C=O) groups is 6. The molecule has 192 valence electrons. The summed E-state index contributed by atoms with van der Waals surface area (Å²) in [6, 6.07) is -2.35. The van der Waals surface area contributed by atoms with E-state index in [0.29, 0.717) is 12.8 Å². The van der Waals surface area contributed by atoms with Gasteiger partial charge in [0.15, 0.2) is 5.78 Å². The number of ketones is 1. The predicted molar refractivity (Wildman–Crippen MR) is 127 cm³/mol. The van der Waals surface area contributed by atoms with Gasteiger partial charge in [-0.05, 0) is 18.8 Å². The van der Waals surface area contributed by atoms with Gasteiger partial charge >= 0.3 is 6.03 Å². The fourth-order valence-corrected chi connectivity index (χ4v) is 3.11. The molecule has 0 fully saturated rings. The summed E-state index contributed by atoms with van der Waals surface area (Å²) in [7, 11) is 0. The first-order chi connectivity index (χ1) is 15.9. The minimum Gasteiger partial charge on any atom is -0.352 e. The SMILES string of the molecule is CC.CC(C)C(=O)[C@H](CCCNC(N)=O)NC(=O)C(NC(=O)CCN1C(=O)C=CC1=O)C(C)C. The largest absolute Gasteiger partial charge is 0.352 e. The summed E-state index contributed by atoms with van der Waals surface area (Å²) in [4.78, 5) is 72.7. The lowest BCUT2D eigenvalue weighted by Gasteiger charge is -2.26. The highest BCUT2D eigenvalue weighted by Gasteiger charge is 2.30. The molecule has 1 aliphatic rings. The molecule has 11 heteroatoms. The van der Waals surface area contributed by atoms with Gasteiger partial charge in [0, 0.05) is 37.6 Å². The van der Waals surface area contributed by atoms with Crippen LogP contribution in [-0.2, 0) is 24.0 Å². The minimum atomic E-state index is -0.906. The fourth-order valence-electron chi connectivity index (χ4n) is 3.11. The Morgan fingerprint density at radius 2 is 1.53 bits per heavy atom. The number of carbonyl (C=O) groups excluding carboxylic acids is 6. The van der Waals surface area contributed by atoms with E-state index >= 15 is 0 Å². The second-order valence-electron chi connectivity index (χ2n) is 8.25. The van der Waals surface area contributed by atoms with Gasteiger partial charge in [-0.15, -0.1) is 0 Å². The summed E-state index contributed by atoms with van der Waals surface area (Å²) in [6.45, 7) is 11.1. The molecule has 0 saturated heterocycles. The first kappa shape index (κ1) is 30.8. The quantitative estimate of drug-likeness (QED) is 0.222. The monoisotopic (exact) mass is 481 g/mol. The maximum absolute atomic E-state index is 12.9. The molecule has 0 aromatic rings. The summed E-state index contributed by atoms with van der Waals surface area (Å²) in [6.07, 6.45) is 2.85. The van der Waals surface area contributed by atoms with Crippen LogP contribution in [-0.4, -0.2) is 65.5 Å². The van der Waals surface area contributed by atoms with Gasteiger partial charge in [0.25, 0.3) is 11.8 Å². The van der Waals surface area contributed by atoms with E-state index in [2.05, 4.69) is 16.0 Å². The predicted octanol–water partition coefficient (Wildman–Crippen LogP) is 0.627. The Hall–Kier alpha value is -3.24. The Labute approximate surface area is 201 Å². The van der Waals surface area contributed by atoms with Crippen LogP contribution in [0, 0.1) is 11.8 Å². The number of hydrogen-bond donors (Lipinski definition) is 4. The summed E-state index contributed by atoms with van der Waals surface area (Å²) in [5.41, 5.74) is 5.03. The maximum atomic E-state index is 12.9. The summed E-state index contributed by atoms with van der Waals surface area (Å²) >= 11 is 0. The normalized spacial score (nSPS) is 14.4. The summed E-state index contributed by atoms with van der Waals surface area (Å²) in [5, 5.41) is 7.76. The molecule has 34 heavy (non-hydrogen) atoms. The van der Waals surface area contributed by atoms with Gasteiger partial charge in [0.05, 0.1) is 6.04 Å². The maximum Gasteiger partial charge on any atom is 0.312 e. The topological polar surface area (TPSA) is 168 Å². The van der Waals surface area contributed by atoms with Crippen LogP contribution >= 0.6 is 0 Å². The van der Waals surface area contributed by atoms with Crippen molar-refractivity contribution in [2.75, 3.05) is 13.1 Å². The number of rotatable bonds is 13. The highest BCUT2D eigenvalue weighted by molar-refractivity contribution is 6.13. The first-order valence-corrected chi connectivity index (χ1v) is 11.6. The average Bonchev–Trinajstić information content (AvgIpc) is 3.10.